The second kappa shape index (κ2) is 7.58. The Hall–Kier alpha value is -2.57. The zero-order valence-corrected chi connectivity index (χ0v) is 16.0. The van der Waals surface area contributed by atoms with E-state index in [0.717, 1.165) is 43.1 Å². The summed E-state index contributed by atoms with van der Waals surface area (Å²) in [5.74, 6) is -0.146. The number of ether oxygens (including phenoxy) is 1. The number of nitrogens with zero attached hydrogens (tertiary/aromatic N) is 2. The van der Waals surface area contributed by atoms with Gasteiger partial charge in [0.2, 0.25) is 0 Å². The molecular weight excluding hydrogens is 358 g/mol. The number of nitrogens with one attached hydrogen (secondary N) is 1. The van der Waals surface area contributed by atoms with Crippen LogP contribution in [-0.2, 0) is 9.53 Å². The maximum Gasteiger partial charge on any atom is 0.271 e. The minimum Gasteiger partial charge on any atom is -0.378 e. The van der Waals surface area contributed by atoms with Crippen molar-refractivity contribution in [2.75, 3.05) is 36.1 Å². The van der Waals surface area contributed by atoms with Crippen LogP contribution in [0.4, 0.5) is 11.4 Å². The Morgan fingerprint density at radius 1 is 1.07 bits per heavy atom. The molecule has 2 fully saturated rings. The van der Waals surface area contributed by atoms with E-state index in [0.29, 0.717) is 4.91 Å². The standard InChI is InChI=1S/C21H21N3O2S/c1-15-3-2-4-18(13-15)24-20(25)19(27-21(24)22)14-16-5-7-17(8-6-16)23-9-11-26-12-10-23/h2-8,13-14,22H,9-12H2,1H3. The zero-order chi connectivity index (χ0) is 18.8. The van der Waals surface area contributed by atoms with Crippen LogP contribution in [0.25, 0.3) is 6.08 Å². The fraction of sp³-hybridized carbons (Fsp3) is 0.238. The second-order valence-electron chi connectivity index (χ2n) is 6.59. The SMILES string of the molecule is Cc1cccc(N2C(=N)SC(=Cc3ccc(N4CCOCC4)cc3)C2=O)c1. The first kappa shape index (κ1) is 17.8. The van der Waals surface area contributed by atoms with Crippen LogP contribution in [0.15, 0.2) is 53.4 Å². The summed E-state index contributed by atoms with van der Waals surface area (Å²) < 4.78 is 5.39. The number of hydrogen-bond acceptors (Lipinski definition) is 5. The molecule has 1 amide bonds. The molecule has 138 valence electrons. The van der Waals surface area contributed by atoms with Gasteiger partial charge in [0, 0.05) is 18.8 Å². The Morgan fingerprint density at radius 2 is 1.81 bits per heavy atom. The van der Waals surface area contributed by atoms with E-state index in [1.807, 2.05) is 49.4 Å². The summed E-state index contributed by atoms with van der Waals surface area (Å²) >= 11 is 1.20. The van der Waals surface area contributed by atoms with Crippen LogP contribution in [0.1, 0.15) is 11.1 Å². The summed E-state index contributed by atoms with van der Waals surface area (Å²) in [6, 6.07) is 15.9. The normalized spacial score (nSPS) is 19.2. The molecule has 27 heavy (non-hydrogen) atoms. The van der Waals surface area contributed by atoms with Gasteiger partial charge in [-0.2, -0.15) is 0 Å². The highest BCUT2D eigenvalue weighted by Gasteiger charge is 2.33. The van der Waals surface area contributed by atoms with Crippen LogP contribution in [0, 0.1) is 12.3 Å². The molecule has 0 aromatic heterocycles. The molecule has 4 rings (SSSR count). The molecule has 0 aliphatic carbocycles. The Labute approximate surface area is 163 Å². The lowest BCUT2D eigenvalue weighted by atomic mass is 10.1. The van der Waals surface area contributed by atoms with Crippen molar-refractivity contribution in [2.24, 2.45) is 0 Å². The molecule has 0 bridgehead atoms. The summed E-state index contributed by atoms with van der Waals surface area (Å²) in [7, 11) is 0. The Balaban J connectivity index is 1.54. The Kier molecular flexibility index (Phi) is 5.01. The van der Waals surface area contributed by atoms with Crippen molar-refractivity contribution in [2.45, 2.75) is 6.92 Å². The van der Waals surface area contributed by atoms with Crippen LogP contribution in [-0.4, -0.2) is 37.4 Å². The molecular formula is C21H21N3O2S. The maximum absolute atomic E-state index is 12.8. The molecule has 0 unspecified atom stereocenters. The molecule has 2 aliphatic heterocycles. The van der Waals surface area contributed by atoms with Crippen molar-refractivity contribution < 1.29 is 9.53 Å². The third-order valence-corrected chi connectivity index (χ3v) is 5.54. The topological polar surface area (TPSA) is 56.6 Å². The van der Waals surface area contributed by atoms with E-state index in [2.05, 4.69) is 17.0 Å². The van der Waals surface area contributed by atoms with Crippen molar-refractivity contribution in [3.05, 3.63) is 64.6 Å². The number of carbonyl (C=O) groups excluding carboxylic acids is 1. The molecule has 5 nitrogen and oxygen atoms in total. The molecule has 0 radical (unpaired) electrons. The van der Waals surface area contributed by atoms with Crippen LogP contribution in [0.5, 0.6) is 0 Å². The number of amidine groups is 1. The number of morpholine rings is 1. The average Bonchev–Trinajstić information content (AvgIpc) is 2.96. The summed E-state index contributed by atoms with van der Waals surface area (Å²) in [5.41, 5.74) is 3.93. The zero-order valence-electron chi connectivity index (χ0n) is 15.1. The van der Waals surface area contributed by atoms with Crippen LogP contribution in [0.3, 0.4) is 0 Å². The number of amides is 1. The van der Waals surface area contributed by atoms with Gasteiger partial charge < -0.3 is 9.64 Å². The number of anilines is 2. The largest absolute Gasteiger partial charge is 0.378 e. The van der Waals surface area contributed by atoms with Gasteiger partial charge in [0.1, 0.15) is 0 Å². The lowest BCUT2D eigenvalue weighted by Crippen LogP contribution is -2.36. The van der Waals surface area contributed by atoms with Crippen molar-refractivity contribution in [1.82, 2.24) is 0 Å². The van der Waals surface area contributed by atoms with Crippen molar-refractivity contribution in [1.29, 1.82) is 5.41 Å². The van der Waals surface area contributed by atoms with Gasteiger partial charge in [-0.3, -0.25) is 15.1 Å². The molecule has 0 atom stereocenters. The first-order valence-electron chi connectivity index (χ1n) is 8.94. The smallest absolute Gasteiger partial charge is 0.271 e. The van der Waals surface area contributed by atoms with E-state index in [1.165, 1.54) is 22.3 Å². The predicted molar refractivity (Wildman–Crippen MR) is 111 cm³/mol. The molecule has 2 saturated heterocycles. The van der Waals surface area contributed by atoms with Gasteiger partial charge in [0.05, 0.1) is 23.8 Å². The highest BCUT2D eigenvalue weighted by Crippen LogP contribution is 2.35. The molecule has 0 saturated carbocycles. The summed E-state index contributed by atoms with van der Waals surface area (Å²) in [5, 5.41) is 8.45. The molecule has 6 heteroatoms. The van der Waals surface area contributed by atoms with Gasteiger partial charge >= 0.3 is 0 Å². The van der Waals surface area contributed by atoms with Crippen LogP contribution >= 0.6 is 11.8 Å². The second-order valence-corrected chi connectivity index (χ2v) is 7.62. The first-order valence-corrected chi connectivity index (χ1v) is 9.75. The van der Waals surface area contributed by atoms with Crippen molar-refractivity contribution in [3.63, 3.8) is 0 Å². The monoisotopic (exact) mass is 379 g/mol. The maximum atomic E-state index is 12.8. The fourth-order valence-electron chi connectivity index (χ4n) is 3.24. The summed E-state index contributed by atoms with van der Waals surface area (Å²) in [4.78, 5) is 17.2. The van der Waals surface area contributed by atoms with Gasteiger partial charge in [-0.25, -0.2) is 0 Å². The van der Waals surface area contributed by atoms with Crippen molar-refractivity contribution in [3.8, 4) is 0 Å². The number of thioether (sulfide) groups is 1. The van der Waals surface area contributed by atoms with E-state index in [-0.39, 0.29) is 11.1 Å². The van der Waals surface area contributed by atoms with Crippen molar-refractivity contribution >= 4 is 40.3 Å². The number of carbonyl (C=O) groups is 1. The van der Waals surface area contributed by atoms with Gasteiger partial charge in [-0.1, -0.05) is 24.3 Å². The lowest BCUT2D eigenvalue weighted by molar-refractivity contribution is -0.113. The van der Waals surface area contributed by atoms with Gasteiger partial charge in [0.15, 0.2) is 5.17 Å². The van der Waals surface area contributed by atoms with Crippen LogP contribution < -0.4 is 9.80 Å². The highest BCUT2D eigenvalue weighted by atomic mass is 32.2. The number of rotatable bonds is 3. The first-order chi connectivity index (χ1) is 13.1. The van der Waals surface area contributed by atoms with Gasteiger partial charge in [-0.05, 0) is 60.2 Å². The minimum atomic E-state index is -0.146. The number of benzene rings is 2. The molecule has 2 aromatic carbocycles. The summed E-state index contributed by atoms with van der Waals surface area (Å²) in [6.45, 7) is 5.30. The molecule has 2 heterocycles. The van der Waals surface area contributed by atoms with E-state index >= 15 is 0 Å². The third-order valence-electron chi connectivity index (χ3n) is 4.65. The third kappa shape index (κ3) is 3.77. The van der Waals surface area contributed by atoms with Crippen LogP contribution in [0.2, 0.25) is 0 Å². The Bertz CT molecular complexity index is 902. The molecule has 0 spiro atoms. The highest BCUT2D eigenvalue weighted by molar-refractivity contribution is 8.19. The van der Waals surface area contributed by atoms with E-state index in [9.17, 15) is 4.79 Å². The van der Waals surface area contributed by atoms with E-state index in [4.69, 9.17) is 10.1 Å². The van der Waals surface area contributed by atoms with E-state index in [1.54, 1.807) is 0 Å². The molecule has 2 aliphatic rings. The fourth-order valence-corrected chi connectivity index (χ4v) is 4.10. The minimum absolute atomic E-state index is 0.146. The van der Waals surface area contributed by atoms with E-state index < -0.39 is 0 Å². The lowest BCUT2D eigenvalue weighted by Gasteiger charge is -2.28. The number of aryl methyl sites for hydroxylation is 1. The summed E-state index contributed by atoms with van der Waals surface area (Å²) in [6.07, 6.45) is 1.86. The predicted octanol–water partition coefficient (Wildman–Crippen LogP) is 3.89. The Morgan fingerprint density at radius 3 is 2.52 bits per heavy atom. The van der Waals surface area contributed by atoms with Gasteiger partial charge in [0.25, 0.3) is 5.91 Å². The molecule has 1 N–H and O–H groups in total. The molecule has 2 aromatic rings. The number of hydrogen-bond donors (Lipinski definition) is 1. The van der Waals surface area contributed by atoms with Gasteiger partial charge in [-0.15, -0.1) is 0 Å². The average molecular weight is 379 g/mol. The quantitative estimate of drug-likeness (QED) is 0.822.